The van der Waals surface area contributed by atoms with Gasteiger partial charge in [-0.15, -0.1) is 5.11 Å². The number of aliphatic carboxylic acids is 2. The summed E-state index contributed by atoms with van der Waals surface area (Å²) in [4.78, 5) is 19.9. The fourth-order valence-corrected chi connectivity index (χ4v) is 1.89. The molecule has 0 aliphatic carbocycles. The average molecular weight is 447 g/mol. The van der Waals surface area contributed by atoms with Crippen LogP contribution >= 0.6 is 0 Å². The maximum absolute atomic E-state index is 9.96. The molecule has 159 valence electrons. The van der Waals surface area contributed by atoms with Crippen molar-refractivity contribution in [1.82, 2.24) is 10.6 Å². The fraction of sp³-hybridized carbons (Fsp3) is 0.263. The third-order valence-electron chi connectivity index (χ3n) is 3.19. The molecule has 2 aromatic rings. The minimum atomic E-state index is -0.923. The van der Waals surface area contributed by atoms with E-state index >= 15 is 0 Å². The van der Waals surface area contributed by atoms with Gasteiger partial charge in [0.25, 0.3) is 0 Å². The molecular weight excluding hydrogens is 423 g/mol. The van der Waals surface area contributed by atoms with E-state index in [0.29, 0.717) is 18.8 Å². The maximum Gasteiger partial charge on any atom is 0.317 e. The van der Waals surface area contributed by atoms with E-state index < -0.39 is 11.9 Å². The molecule has 0 saturated carbocycles. The summed E-state index contributed by atoms with van der Waals surface area (Å²) in [5.41, 5.74) is 2.30. The Labute approximate surface area is 179 Å². The molecule has 10 heteroatoms. The number of aromatic hydroxyl groups is 1. The van der Waals surface area contributed by atoms with Gasteiger partial charge in [-0.3, -0.25) is 9.59 Å². The van der Waals surface area contributed by atoms with E-state index in [1.807, 2.05) is 43.3 Å². The van der Waals surface area contributed by atoms with E-state index in [1.54, 1.807) is 12.1 Å². The molecule has 2 rings (SSSR count). The first kappa shape index (κ1) is 26.2. The smallest absolute Gasteiger partial charge is 0.317 e. The number of nitrogens with one attached hydrogen (secondary N) is 2. The summed E-state index contributed by atoms with van der Waals surface area (Å²) in [6.45, 7) is 2.63. The molecule has 9 nitrogen and oxygen atoms in total. The first-order chi connectivity index (χ1) is 13.4. The standard InChI is InChI=1S/C13H12N2O.C6H12N2O4.Co/c1-10-7-8-13(16)12(9-10)15-14-11-5-3-2-4-6-11;9-5(10)3-7-1-2-8-4-6(11)12;/h2-9,16H,1H3;7-8H,1-4H2,(H,9,10)(H,11,12);. The third kappa shape index (κ3) is 13.1. The zero-order valence-corrected chi connectivity index (χ0v) is 16.9. The van der Waals surface area contributed by atoms with Crippen molar-refractivity contribution < 1.29 is 41.7 Å². The van der Waals surface area contributed by atoms with Crippen LogP contribution in [0.3, 0.4) is 0 Å². The van der Waals surface area contributed by atoms with Crippen LogP contribution in [0, 0.1) is 6.92 Å². The Hall–Kier alpha value is -2.79. The van der Waals surface area contributed by atoms with Gasteiger partial charge in [0, 0.05) is 29.9 Å². The summed E-state index contributed by atoms with van der Waals surface area (Å²) in [5.74, 6) is -1.70. The van der Waals surface area contributed by atoms with Gasteiger partial charge in [-0.1, -0.05) is 24.3 Å². The number of carboxylic acid groups (broad SMARTS) is 2. The van der Waals surface area contributed by atoms with E-state index in [0.717, 1.165) is 11.3 Å². The van der Waals surface area contributed by atoms with Crippen LogP contribution in [0.1, 0.15) is 5.56 Å². The van der Waals surface area contributed by atoms with Crippen molar-refractivity contribution in [2.75, 3.05) is 26.2 Å². The Morgan fingerprint density at radius 3 is 1.97 bits per heavy atom. The van der Waals surface area contributed by atoms with Crippen LogP contribution < -0.4 is 10.6 Å². The number of hydrogen-bond donors (Lipinski definition) is 5. The number of azo groups is 1. The molecule has 1 radical (unpaired) electrons. The van der Waals surface area contributed by atoms with Gasteiger partial charge >= 0.3 is 11.9 Å². The molecule has 0 unspecified atom stereocenters. The number of rotatable bonds is 9. The summed E-state index contributed by atoms with van der Waals surface area (Å²) >= 11 is 0. The molecule has 0 spiro atoms. The Balaban J connectivity index is 0.000000547. The molecule has 0 aromatic heterocycles. The van der Waals surface area contributed by atoms with E-state index in [9.17, 15) is 14.7 Å². The molecule has 0 saturated heterocycles. The molecule has 0 bridgehead atoms. The minimum absolute atomic E-state index is 0. The van der Waals surface area contributed by atoms with Gasteiger partial charge in [0.1, 0.15) is 11.4 Å². The number of carbonyl (C=O) groups is 2. The predicted octanol–water partition coefficient (Wildman–Crippen LogP) is 2.45. The normalized spacial score (nSPS) is 9.97. The number of carboxylic acids is 2. The Bertz CT molecular complexity index is 769. The number of phenols is 1. The monoisotopic (exact) mass is 447 g/mol. The van der Waals surface area contributed by atoms with Gasteiger partial charge in [0.15, 0.2) is 0 Å². The van der Waals surface area contributed by atoms with Gasteiger partial charge in [-0.25, -0.2) is 0 Å². The zero-order chi connectivity index (χ0) is 20.8. The summed E-state index contributed by atoms with van der Waals surface area (Å²) in [6, 6.07) is 14.7. The molecule has 0 heterocycles. The van der Waals surface area contributed by atoms with Crippen molar-refractivity contribution >= 4 is 23.3 Å². The van der Waals surface area contributed by atoms with Crippen molar-refractivity contribution in [3.8, 4) is 5.75 Å². The van der Waals surface area contributed by atoms with E-state index in [-0.39, 0.29) is 35.6 Å². The van der Waals surface area contributed by atoms with Crippen molar-refractivity contribution in [3.05, 3.63) is 54.1 Å². The molecular formula is C19H24CoN4O5. The summed E-state index contributed by atoms with van der Waals surface area (Å²) in [7, 11) is 0. The van der Waals surface area contributed by atoms with E-state index in [2.05, 4.69) is 20.9 Å². The van der Waals surface area contributed by atoms with Crippen LogP contribution in [0.25, 0.3) is 0 Å². The molecule has 29 heavy (non-hydrogen) atoms. The molecule has 0 aliphatic rings. The predicted molar refractivity (Wildman–Crippen MR) is 104 cm³/mol. The molecule has 0 amide bonds. The topological polar surface area (TPSA) is 144 Å². The number of benzene rings is 2. The Kier molecular flexibility index (Phi) is 13.7. The van der Waals surface area contributed by atoms with E-state index in [4.69, 9.17) is 10.2 Å². The second-order valence-electron chi connectivity index (χ2n) is 5.67. The largest absolute Gasteiger partial charge is 0.506 e. The molecule has 0 fully saturated rings. The molecule has 2 aromatic carbocycles. The third-order valence-corrected chi connectivity index (χ3v) is 3.19. The fourth-order valence-electron chi connectivity index (χ4n) is 1.89. The summed E-state index contributed by atoms with van der Waals surface area (Å²) < 4.78 is 0. The van der Waals surface area contributed by atoms with Crippen molar-refractivity contribution in [1.29, 1.82) is 0 Å². The number of nitrogens with zero attached hydrogens (tertiary/aromatic N) is 2. The second-order valence-corrected chi connectivity index (χ2v) is 5.67. The molecule has 0 atom stereocenters. The zero-order valence-electron chi connectivity index (χ0n) is 15.8. The number of aryl methyl sites for hydroxylation is 1. The summed E-state index contributed by atoms with van der Waals surface area (Å²) in [5, 5.41) is 39.2. The Morgan fingerprint density at radius 1 is 0.897 bits per heavy atom. The van der Waals surface area contributed by atoms with Crippen LogP contribution in [0.2, 0.25) is 0 Å². The molecule has 0 aliphatic heterocycles. The number of hydrogen-bond acceptors (Lipinski definition) is 7. The van der Waals surface area contributed by atoms with Crippen LogP contribution in [0.15, 0.2) is 58.8 Å². The van der Waals surface area contributed by atoms with Crippen molar-refractivity contribution in [2.45, 2.75) is 6.92 Å². The van der Waals surface area contributed by atoms with Gasteiger partial charge in [-0.05, 0) is 36.8 Å². The quantitative estimate of drug-likeness (QED) is 0.293. The first-order valence-corrected chi connectivity index (χ1v) is 8.50. The average Bonchev–Trinajstić information content (AvgIpc) is 2.66. The van der Waals surface area contributed by atoms with Gasteiger partial charge < -0.3 is 26.0 Å². The minimum Gasteiger partial charge on any atom is -0.506 e. The summed E-state index contributed by atoms with van der Waals surface area (Å²) in [6.07, 6.45) is 0. The molecule has 5 N–H and O–H groups in total. The van der Waals surface area contributed by atoms with Crippen LogP contribution in [0.5, 0.6) is 5.75 Å². The Morgan fingerprint density at radius 2 is 1.45 bits per heavy atom. The van der Waals surface area contributed by atoms with Gasteiger partial charge in [0.05, 0.1) is 18.8 Å². The van der Waals surface area contributed by atoms with Crippen molar-refractivity contribution in [2.24, 2.45) is 10.2 Å². The van der Waals surface area contributed by atoms with Crippen molar-refractivity contribution in [3.63, 3.8) is 0 Å². The second kappa shape index (κ2) is 15.2. The number of phenolic OH excluding ortho intramolecular Hbond substituents is 1. The van der Waals surface area contributed by atoms with Crippen LogP contribution in [-0.4, -0.2) is 53.4 Å². The van der Waals surface area contributed by atoms with Crippen LogP contribution in [0.4, 0.5) is 11.4 Å². The van der Waals surface area contributed by atoms with Gasteiger partial charge in [0.2, 0.25) is 0 Å². The van der Waals surface area contributed by atoms with E-state index in [1.165, 1.54) is 0 Å². The van der Waals surface area contributed by atoms with Gasteiger partial charge in [-0.2, -0.15) is 5.11 Å². The maximum atomic E-state index is 9.96. The first-order valence-electron chi connectivity index (χ1n) is 8.50. The van der Waals surface area contributed by atoms with Crippen LogP contribution in [-0.2, 0) is 26.4 Å². The SMILES string of the molecule is Cc1ccc(O)c(N=Nc2ccccc2)c1.O=C(O)CNCCNCC(=O)O.[Co].